The van der Waals surface area contributed by atoms with Gasteiger partial charge in [-0.05, 0) is 42.8 Å². The van der Waals surface area contributed by atoms with E-state index in [9.17, 15) is 18.8 Å². The molecule has 3 rings (SSSR count). The standard InChI is InChI=1S/C21H16FNO5/c1-12-18(21(27)28-2)15(11-13-7-9-14(10-8-13)20(25)26)19(24)23(12)17-6-4-3-5-16(17)22/h3-11H,1-2H3,(H,25,26). The predicted octanol–water partition coefficient (Wildman–Crippen LogP) is 3.40. The van der Waals surface area contributed by atoms with E-state index in [1.54, 1.807) is 6.07 Å². The Kier molecular flexibility index (Phi) is 5.08. The first kappa shape index (κ1) is 19.0. The lowest BCUT2D eigenvalue weighted by Crippen LogP contribution is -2.25. The summed E-state index contributed by atoms with van der Waals surface area (Å²) in [5.74, 6) is -2.98. The second-order valence-electron chi connectivity index (χ2n) is 6.03. The van der Waals surface area contributed by atoms with E-state index in [-0.39, 0.29) is 28.1 Å². The number of hydrogen-bond acceptors (Lipinski definition) is 4. The molecule has 0 saturated carbocycles. The number of nitrogens with zero attached hydrogens (tertiary/aromatic N) is 1. The van der Waals surface area contributed by atoms with Gasteiger partial charge in [0.25, 0.3) is 5.91 Å². The molecule has 2 aromatic rings. The molecule has 6 nitrogen and oxygen atoms in total. The molecule has 1 aliphatic rings. The number of aromatic carboxylic acids is 1. The first-order valence-corrected chi connectivity index (χ1v) is 8.28. The van der Waals surface area contributed by atoms with Gasteiger partial charge in [0.05, 0.1) is 29.5 Å². The highest BCUT2D eigenvalue weighted by molar-refractivity contribution is 6.23. The van der Waals surface area contributed by atoms with Crippen molar-refractivity contribution in [1.82, 2.24) is 0 Å². The molecule has 2 aromatic carbocycles. The van der Waals surface area contributed by atoms with E-state index in [1.165, 1.54) is 62.6 Å². The van der Waals surface area contributed by atoms with Crippen LogP contribution in [-0.2, 0) is 14.3 Å². The number of esters is 1. The van der Waals surface area contributed by atoms with Crippen LogP contribution in [0.15, 0.2) is 65.4 Å². The maximum Gasteiger partial charge on any atom is 0.340 e. The average Bonchev–Trinajstić information content (AvgIpc) is 2.92. The molecule has 0 saturated heterocycles. The zero-order valence-corrected chi connectivity index (χ0v) is 15.1. The Hall–Kier alpha value is -3.74. The highest BCUT2D eigenvalue weighted by atomic mass is 19.1. The van der Waals surface area contributed by atoms with Crippen LogP contribution in [0.4, 0.5) is 10.1 Å². The van der Waals surface area contributed by atoms with Crippen molar-refractivity contribution in [2.24, 2.45) is 0 Å². The van der Waals surface area contributed by atoms with Crippen LogP contribution in [0.25, 0.3) is 6.08 Å². The number of carboxylic acid groups (broad SMARTS) is 1. The molecule has 1 amide bonds. The Balaban J connectivity index is 2.12. The Bertz CT molecular complexity index is 1040. The van der Waals surface area contributed by atoms with E-state index in [4.69, 9.17) is 9.84 Å². The van der Waals surface area contributed by atoms with Crippen LogP contribution in [0, 0.1) is 5.82 Å². The zero-order chi connectivity index (χ0) is 20.4. The van der Waals surface area contributed by atoms with Gasteiger partial charge in [-0.2, -0.15) is 0 Å². The van der Waals surface area contributed by atoms with E-state index in [1.807, 2.05) is 0 Å². The van der Waals surface area contributed by atoms with Gasteiger partial charge in [0, 0.05) is 5.70 Å². The molecule has 1 N–H and O–H groups in total. The highest BCUT2D eigenvalue weighted by Crippen LogP contribution is 2.36. The maximum absolute atomic E-state index is 14.3. The van der Waals surface area contributed by atoms with Crippen LogP contribution in [-0.4, -0.2) is 30.1 Å². The lowest BCUT2D eigenvalue weighted by Gasteiger charge is -2.18. The molecule has 0 fully saturated rings. The molecule has 0 radical (unpaired) electrons. The fourth-order valence-electron chi connectivity index (χ4n) is 2.99. The summed E-state index contributed by atoms with van der Waals surface area (Å²) in [7, 11) is 1.19. The fraction of sp³-hybridized carbons (Fsp3) is 0.0952. The van der Waals surface area contributed by atoms with E-state index in [0.29, 0.717) is 5.56 Å². The van der Waals surface area contributed by atoms with Crippen molar-refractivity contribution in [2.45, 2.75) is 6.92 Å². The zero-order valence-electron chi connectivity index (χ0n) is 15.1. The van der Waals surface area contributed by atoms with Crippen molar-refractivity contribution in [1.29, 1.82) is 0 Å². The van der Waals surface area contributed by atoms with Gasteiger partial charge in [-0.3, -0.25) is 9.69 Å². The van der Waals surface area contributed by atoms with Crippen molar-refractivity contribution in [3.63, 3.8) is 0 Å². The van der Waals surface area contributed by atoms with Gasteiger partial charge in [-0.25, -0.2) is 14.0 Å². The number of carbonyl (C=O) groups excluding carboxylic acids is 2. The number of hydrogen-bond donors (Lipinski definition) is 1. The molecule has 28 heavy (non-hydrogen) atoms. The molecule has 0 spiro atoms. The predicted molar refractivity (Wildman–Crippen MR) is 100.0 cm³/mol. The Morgan fingerprint density at radius 2 is 1.75 bits per heavy atom. The molecular weight excluding hydrogens is 365 g/mol. The quantitative estimate of drug-likeness (QED) is 0.648. The fourth-order valence-corrected chi connectivity index (χ4v) is 2.99. The normalized spacial score (nSPS) is 15.3. The average molecular weight is 381 g/mol. The number of benzene rings is 2. The van der Waals surface area contributed by atoms with Crippen molar-refractivity contribution in [3.8, 4) is 0 Å². The molecule has 0 bridgehead atoms. The van der Waals surface area contributed by atoms with Crippen LogP contribution in [0.3, 0.4) is 0 Å². The van der Waals surface area contributed by atoms with Crippen molar-refractivity contribution in [3.05, 3.63) is 82.3 Å². The van der Waals surface area contributed by atoms with Crippen LogP contribution in [0.5, 0.6) is 0 Å². The largest absolute Gasteiger partial charge is 0.478 e. The molecule has 0 aliphatic carbocycles. The molecule has 1 aliphatic heterocycles. The summed E-state index contributed by atoms with van der Waals surface area (Å²) in [6.07, 6.45) is 1.45. The summed E-state index contributed by atoms with van der Waals surface area (Å²) in [5, 5.41) is 8.99. The maximum atomic E-state index is 14.3. The summed E-state index contributed by atoms with van der Waals surface area (Å²) in [4.78, 5) is 37.4. The molecular formula is C21H16FNO5. The number of carbonyl (C=O) groups is 3. The lowest BCUT2D eigenvalue weighted by molar-refractivity contribution is -0.136. The Labute approximate surface area is 160 Å². The second kappa shape index (κ2) is 7.48. The van der Waals surface area contributed by atoms with Crippen LogP contribution in [0.2, 0.25) is 0 Å². The monoisotopic (exact) mass is 381 g/mol. The molecule has 0 unspecified atom stereocenters. The van der Waals surface area contributed by atoms with Gasteiger partial charge in [0.2, 0.25) is 0 Å². The first-order chi connectivity index (χ1) is 13.3. The minimum atomic E-state index is -1.08. The summed E-state index contributed by atoms with van der Waals surface area (Å²) in [6.45, 7) is 1.53. The van der Waals surface area contributed by atoms with Crippen LogP contribution >= 0.6 is 0 Å². The van der Waals surface area contributed by atoms with E-state index < -0.39 is 23.7 Å². The van der Waals surface area contributed by atoms with Crippen molar-refractivity contribution in [2.75, 3.05) is 12.0 Å². The lowest BCUT2D eigenvalue weighted by atomic mass is 10.0. The molecule has 1 heterocycles. The van der Waals surface area contributed by atoms with Gasteiger partial charge in [-0.1, -0.05) is 24.3 Å². The third-order valence-electron chi connectivity index (χ3n) is 4.35. The number of rotatable bonds is 4. The molecule has 0 aromatic heterocycles. The number of halogens is 1. The number of methoxy groups -OCH3 is 1. The molecule has 142 valence electrons. The second-order valence-corrected chi connectivity index (χ2v) is 6.03. The number of para-hydroxylation sites is 1. The Morgan fingerprint density at radius 3 is 2.32 bits per heavy atom. The SMILES string of the molecule is COC(=O)C1=C(C)N(c2ccccc2F)C(=O)C1=Cc1ccc(C(=O)O)cc1. The van der Waals surface area contributed by atoms with E-state index in [2.05, 4.69) is 0 Å². The Morgan fingerprint density at radius 1 is 1.11 bits per heavy atom. The van der Waals surface area contributed by atoms with Gasteiger partial charge in [0.1, 0.15) is 5.82 Å². The summed E-state index contributed by atoms with van der Waals surface area (Å²) in [6, 6.07) is 11.5. The van der Waals surface area contributed by atoms with Gasteiger partial charge < -0.3 is 9.84 Å². The number of carboxylic acids is 1. The van der Waals surface area contributed by atoms with Crippen molar-refractivity contribution >= 4 is 29.6 Å². The first-order valence-electron chi connectivity index (χ1n) is 8.28. The molecule has 7 heteroatoms. The minimum absolute atomic E-state index is 0.0241. The number of anilines is 1. The summed E-state index contributed by atoms with van der Waals surface area (Å²) >= 11 is 0. The highest BCUT2D eigenvalue weighted by Gasteiger charge is 2.38. The van der Waals surface area contributed by atoms with Crippen LogP contribution < -0.4 is 4.90 Å². The van der Waals surface area contributed by atoms with E-state index >= 15 is 0 Å². The topological polar surface area (TPSA) is 83.9 Å². The molecule has 0 atom stereocenters. The van der Waals surface area contributed by atoms with Crippen LogP contribution in [0.1, 0.15) is 22.8 Å². The summed E-state index contributed by atoms with van der Waals surface area (Å²) in [5.41, 5.74) is 0.936. The number of ether oxygens (including phenoxy) is 1. The van der Waals surface area contributed by atoms with Crippen molar-refractivity contribution < 1.29 is 28.6 Å². The number of amides is 1. The minimum Gasteiger partial charge on any atom is -0.478 e. The third-order valence-corrected chi connectivity index (χ3v) is 4.35. The van der Waals surface area contributed by atoms with Gasteiger partial charge in [-0.15, -0.1) is 0 Å². The van der Waals surface area contributed by atoms with E-state index in [0.717, 1.165) is 4.90 Å². The van der Waals surface area contributed by atoms with Gasteiger partial charge in [0.15, 0.2) is 0 Å². The third kappa shape index (κ3) is 3.29. The summed E-state index contributed by atoms with van der Waals surface area (Å²) < 4.78 is 19.1. The smallest absolute Gasteiger partial charge is 0.340 e. The van der Waals surface area contributed by atoms with Gasteiger partial charge >= 0.3 is 11.9 Å². The number of allylic oxidation sites excluding steroid dienone is 1.